The number of hydrogen-bond donors (Lipinski definition) is 2. The number of aryl methyl sites for hydroxylation is 1. The van der Waals surface area contributed by atoms with E-state index in [0.29, 0.717) is 17.9 Å². The molecule has 2 rings (SSSR count). The third-order valence-corrected chi connectivity index (χ3v) is 3.74. The average molecular weight is 373 g/mol. The highest BCUT2D eigenvalue weighted by molar-refractivity contribution is 5.95. The lowest BCUT2D eigenvalue weighted by Crippen LogP contribution is -2.41. The van der Waals surface area contributed by atoms with Crippen molar-refractivity contribution in [1.29, 1.82) is 0 Å². The third kappa shape index (κ3) is 5.18. The maximum atomic E-state index is 12.0. The van der Waals surface area contributed by atoms with Crippen LogP contribution in [0.2, 0.25) is 0 Å². The van der Waals surface area contributed by atoms with Crippen LogP contribution in [-0.2, 0) is 11.2 Å². The number of nitrogens with zero attached hydrogens (tertiary/aromatic N) is 1. The fourth-order valence-corrected chi connectivity index (χ4v) is 2.42. The average Bonchev–Trinajstić information content (AvgIpc) is 2.69. The first-order valence-corrected chi connectivity index (χ1v) is 7.99. The smallest absolute Gasteiger partial charge is 0.270 e. The van der Waals surface area contributed by atoms with Crippen molar-refractivity contribution < 1.29 is 24.0 Å². The highest BCUT2D eigenvalue weighted by Gasteiger charge is 2.14. The molecular weight excluding hydrogens is 354 g/mol. The van der Waals surface area contributed by atoms with Gasteiger partial charge in [0.15, 0.2) is 11.5 Å². The number of carbonyl (C=O) groups excluding carboxylic acids is 2. The highest BCUT2D eigenvalue weighted by atomic mass is 16.6. The Kier molecular flexibility index (Phi) is 6.70. The van der Waals surface area contributed by atoms with Crippen LogP contribution in [0.25, 0.3) is 0 Å². The number of methoxy groups -OCH3 is 2. The van der Waals surface area contributed by atoms with Crippen LogP contribution in [0.4, 0.5) is 5.69 Å². The molecule has 0 fully saturated rings. The molecule has 2 amide bonds. The topological polar surface area (TPSA) is 120 Å². The lowest BCUT2D eigenvalue weighted by atomic mass is 10.1. The third-order valence-electron chi connectivity index (χ3n) is 3.74. The maximum absolute atomic E-state index is 12.0. The van der Waals surface area contributed by atoms with Crippen molar-refractivity contribution in [3.05, 3.63) is 63.7 Å². The number of benzene rings is 2. The Labute approximate surface area is 155 Å². The summed E-state index contributed by atoms with van der Waals surface area (Å²) in [5.41, 5.74) is 5.17. The Morgan fingerprint density at radius 3 is 2.48 bits per heavy atom. The van der Waals surface area contributed by atoms with Gasteiger partial charge in [0.1, 0.15) is 0 Å². The van der Waals surface area contributed by atoms with Gasteiger partial charge >= 0.3 is 0 Å². The Morgan fingerprint density at radius 2 is 1.81 bits per heavy atom. The molecule has 0 bridgehead atoms. The molecule has 0 aliphatic heterocycles. The van der Waals surface area contributed by atoms with Crippen LogP contribution < -0.4 is 20.3 Å². The van der Waals surface area contributed by atoms with Crippen molar-refractivity contribution in [2.24, 2.45) is 0 Å². The lowest BCUT2D eigenvalue weighted by Gasteiger charge is -2.12. The summed E-state index contributed by atoms with van der Waals surface area (Å²) >= 11 is 0. The van der Waals surface area contributed by atoms with Crippen LogP contribution in [-0.4, -0.2) is 31.0 Å². The first-order valence-electron chi connectivity index (χ1n) is 7.99. The van der Waals surface area contributed by atoms with Gasteiger partial charge in [-0.3, -0.25) is 30.6 Å². The van der Waals surface area contributed by atoms with Gasteiger partial charge in [-0.15, -0.1) is 0 Å². The number of hydrogen-bond acceptors (Lipinski definition) is 6. The molecule has 0 spiro atoms. The fourth-order valence-electron chi connectivity index (χ4n) is 2.42. The van der Waals surface area contributed by atoms with Crippen LogP contribution in [0.5, 0.6) is 11.5 Å². The second-order valence-electron chi connectivity index (χ2n) is 5.46. The number of nitrogens with one attached hydrogen (secondary N) is 2. The molecular formula is C18H19N3O6. The molecule has 0 unspecified atom stereocenters. The van der Waals surface area contributed by atoms with E-state index in [2.05, 4.69) is 10.9 Å². The van der Waals surface area contributed by atoms with Gasteiger partial charge < -0.3 is 9.47 Å². The summed E-state index contributed by atoms with van der Waals surface area (Å²) in [6.07, 6.45) is 0.470. The van der Waals surface area contributed by atoms with Crippen LogP contribution in [0.1, 0.15) is 22.3 Å². The number of nitro groups is 1. The first kappa shape index (κ1) is 19.7. The number of non-ortho nitro benzene ring substituents is 1. The molecule has 0 radical (unpaired) electrons. The summed E-state index contributed by atoms with van der Waals surface area (Å²) < 4.78 is 10.5. The standard InChI is InChI=1S/C18H19N3O6/c1-26-15-8-4-5-12(17(15)27-2)9-10-16(22)19-20-18(23)13-6-3-7-14(11-13)21(24)25/h3-8,11H,9-10H2,1-2H3,(H,19,22)(H,20,23). The molecule has 0 aromatic heterocycles. The zero-order chi connectivity index (χ0) is 19.8. The summed E-state index contributed by atoms with van der Waals surface area (Å²) in [6.45, 7) is 0. The van der Waals surface area contributed by atoms with E-state index < -0.39 is 16.7 Å². The Bertz CT molecular complexity index is 853. The molecule has 0 saturated carbocycles. The normalized spacial score (nSPS) is 10.0. The summed E-state index contributed by atoms with van der Waals surface area (Å²) in [6, 6.07) is 10.6. The zero-order valence-corrected chi connectivity index (χ0v) is 14.9. The molecule has 2 aromatic carbocycles. The number of para-hydroxylation sites is 1. The van der Waals surface area contributed by atoms with Crippen molar-refractivity contribution in [1.82, 2.24) is 10.9 Å². The monoisotopic (exact) mass is 373 g/mol. The lowest BCUT2D eigenvalue weighted by molar-refractivity contribution is -0.384. The van der Waals surface area contributed by atoms with Crippen LogP contribution in [0.15, 0.2) is 42.5 Å². The molecule has 0 aliphatic carbocycles. The molecule has 2 N–H and O–H groups in total. The Hall–Kier alpha value is -3.62. The predicted octanol–water partition coefficient (Wildman–Crippen LogP) is 2.01. The van der Waals surface area contributed by atoms with Crippen LogP contribution in [0.3, 0.4) is 0 Å². The molecule has 0 atom stereocenters. The van der Waals surface area contributed by atoms with E-state index in [0.717, 1.165) is 11.6 Å². The molecule has 142 valence electrons. The number of hydrazine groups is 1. The first-order chi connectivity index (χ1) is 13.0. The summed E-state index contributed by atoms with van der Waals surface area (Å²) in [5.74, 6) is 0.0486. The highest BCUT2D eigenvalue weighted by Crippen LogP contribution is 2.31. The maximum Gasteiger partial charge on any atom is 0.270 e. The van der Waals surface area contributed by atoms with E-state index in [-0.39, 0.29) is 17.7 Å². The summed E-state index contributed by atoms with van der Waals surface area (Å²) in [7, 11) is 3.04. The van der Waals surface area contributed by atoms with E-state index >= 15 is 0 Å². The van der Waals surface area contributed by atoms with E-state index in [1.165, 1.54) is 32.4 Å². The Balaban J connectivity index is 1.91. The van der Waals surface area contributed by atoms with Gasteiger partial charge in [0.25, 0.3) is 11.6 Å². The minimum Gasteiger partial charge on any atom is -0.493 e. The second-order valence-corrected chi connectivity index (χ2v) is 5.46. The predicted molar refractivity (Wildman–Crippen MR) is 96.6 cm³/mol. The zero-order valence-electron chi connectivity index (χ0n) is 14.9. The molecule has 9 heteroatoms. The number of ether oxygens (including phenoxy) is 2. The van der Waals surface area contributed by atoms with Gasteiger partial charge in [-0.25, -0.2) is 0 Å². The molecule has 0 aliphatic rings. The van der Waals surface area contributed by atoms with Gasteiger partial charge in [-0.2, -0.15) is 0 Å². The van der Waals surface area contributed by atoms with Crippen molar-refractivity contribution in [2.45, 2.75) is 12.8 Å². The van der Waals surface area contributed by atoms with Gasteiger partial charge in [0.05, 0.1) is 19.1 Å². The van der Waals surface area contributed by atoms with Gasteiger partial charge in [0, 0.05) is 24.1 Å². The minimum atomic E-state index is -0.647. The van der Waals surface area contributed by atoms with Crippen molar-refractivity contribution >= 4 is 17.5 Å². The van der Waals surface area contributed by atoms with Gasteiger partial charge in [-0.05, 0) is 24.1 Å². The van der Waals surface area contributed by atoms with Crippen molar-refractivity contribution in [2.75, 3.05) is 14.2 Å². The fraction of sp³-hybridized carbons (Fsp3) is 0.222. The SMILES string of the molecule is COc1cccc(CCC(=O)NNC(=O)c2cccc([N+](=O)[O-])c2)c1OC. The number of nitro benzene ring substituents is 1. The number of rotatable bonds is 7. The van der Waals surface area contributed by atoms with Gasteiger partial charge in [0.2, 0.25) is 5.91 Å². The van der Waals surface area contributed by atoms with E-state index in [9.17, 15) is 19.7 Å². The van der Waals surface area contributed by atoms with Crippen LogP contribution >= 0.6 is 0 Å². The van der Waals surface area contributed by atoms with Crippen molar-refractivity contribution in [3.8, 4) is 11.5 Å². The molecule has 2 aromatic rings. The largest absolute Gasteiger partial charge is 0.493 e. The molecule has 0 saturated heterocycles. The van der Waals surface area contributed by atoms with E-state index in [4.69, 9.17) is 9.47 Å². The summed E-state index contributed by atoms with van der Waals surface area (Å²) in [5, 5.41) is 10.7. The second kappa shape index (κ2) is 9.18. The van der Waals surface area contributed by atoms with E-state index in [1.54, 1.807) is 12.1 Å². The quantitative estimate of drug-likeness (QED) is 0.566. The molecule has 27 heavy (non-hydrogen) atoms. The molecule has 0 heterocycles. The molecule has 9 nitrogen and oxygen atoms in total. The number of amides is 2. The minimum absolute atomic E-state index is 0.0685. The van der Waals surface area contributed by atoms with E-state index in [1.807, 2.05) is 6.07 Å². The Morgan fingerprint density at radius 1 is 1.07 bits per heavy atom. The number of carbonyl (C=O) groups is 2. The summed E-state index contributed by atoms with van der Waals surface area (Å²) in [4.78, 5) is 34.1. The van der Waals surface area contributed by atoms with Crippen molar-refractivity contribution in [3.63, 3.8) is 0 Å². The van der Waals surface area contributed by atoms with Crippen LogP contribution in [0, 0.1) is 10.1 Å². The van der Waals surface area contributed by atoms with Gasteiger partial charge in [-0.1, -0.05) is 18.2 Å².